The summed E-state index contributed by atoms with van der Waals surface area (Å²) in [5.41, 5.74) is -0.418. The summed E-state index contributed by atoms with van der Waals surface area (Å²) in [6.07, 6.45) is -1.02. The second kappa shape index (κ2) is 16.2. The molecule has 1 heterocycles. The molecule has 2 unspecified atom stereocenters. The van der Waals surface area contributed by atoms with E-state index in [4.69, 9.17) is 4.74 Å². The third kappa shape index (κ3) is 10.1. The van der Waals surface area contributed by atoms with E-state index in [0.717, 1.165) is 0 Å². The molecule has 282 valence electrons. The van der Waals surface area contributed by atoms with Crippen LogP contribution in [0, 0.1) is 28.6 Å². The van der Waals surface area contributed by atoms with Gasteiger partial charge in [0.1, 0.15) is 18.1 Å². The van der Waals surface area contributed by atoms with Crippen LogP contribution in [-0.4, -0.2) is 103 Å². The minimum atomic E-state index is -1.23. The molecule has 0 bridgehead atoms. The number of benzene rings is 1. The number of fused-ring (bicyclic) bond motifs is 1. The zero-order valence-electron chi connectivity index (χ0n) is 31.8. The van der Waals surface area contributed by atoms with Crippen LogP contribution in [0.25, 0.3) is 0 Å². The maximum absolute atomic E-state index is 14.1. The van der Waals surface area contributed by atoms with Gasteiger partial charge >= 0.3 is 6.09 Å². The molecule has 1 aliphatic heterocycles. The Hall–Kier alpha value is -4.49. The van der Waals surface area contributed by atoms with Crippen molar-refractivity contribution in [1.82, 2.24) is 31.1 Å². The maximum Gasteiger partial charge on any atom is 0.408 e. The lowest BCUT2D eigenvalue weighted by molar-refractivity contribution is -0.145. The summed E-state index contributed by atoms with van der Waals surface area (Å²) in [5, 5.41) is 10.4. The molecule has 1 saturated carbocycles. The first-order valence-corrected chi connectivity index (χ1v) is 17.5. The van der Waals surface area contributed by atoms with Crippen LogP contribution in [0.2, 0.25) is 0 Å². The molecule has 14 heteroatoms. The van der Waals surface area contributed by atoms with Crippen molar-refractivity contribution in [1.29, 1.82) is 0 Å². The maximum atomic E-state index is 14.1. The first kappa shape index (κ1) is 40.9. The Kier molecular flexibility index (Phi) is 13.0. The van der Waals surface area contributed by atoms with E-state index < -0.39 is 77.7 Å². The molecule has 0 aromatic heterocycles. The Labute approximate surface area is 301 Å². The molecule has 0 spiro atoms. The van der Waals surface area contributed by atoms with Crippen LogP contribution in [0.1, 0.15) is 80.3 Å². The molecular formula is C37H56N6O8. The number of likely N-dealkylation sites (tertiary alicyclic amines) is 1. The zero-order chi connectivity index (χ0) is 38.6. The quantitative estimate of drug-likeness (QED) is 0.212. The van der Waals surface area contributed by atoms with E-state index in [0.29, 0.717) is 12.1 Å². The highest BCUT2D eigenvalue weighted by Gasteiger charge is 2.70. The molecule has 1 aromatic rings. The lowest BCUT2D eigenvalue weighted by Gasteiger charge is -2.37. The Morgan fingerprint density at radius 1 is 0.941 bits per heavy atom. The van der Waals surface area contributed by atoms with Crippen molar-refractivity contribution in [3.8, 4) is 0 Å². The van der Waals surface area contributed by atoms with Crippen molar-refractivity contribution in [3.63, 3.8) is 0 Å². The highest BCUT2D eigenvalue weighted by atomic mass is 16.6. The van der Waals surface area contributed by atoms with E-state index in [1.54, 1.807) is 79.0 Å². The van der Waals surface area contributed by atoms with Crippen molar-refractivity contribution in [2.24, 2.45) is 28.6 Å². The molecule has 14 nitrogen and oxygen atoms in total. The number of carbonyl (C=O) groups is 7. The second-order valence-corrected chi connectivity index (χ2v) is 16.2. The minimum absolute atomic E-state index is 0.0283. The van der Waals surface area contributed by atoms with Crippen LogP contribution in [0.15, 0.2) is 30.3 Å². The third-order valence-electron chi connectivity index (χ3n) is 9.58. The van der Waals surface area contributed by atoms with Crippen LogP contribution >= 0.6 is 0 Å². The highest BCUT2D eigenvalue weighted by Crippen LogP contribution is 2.65. The number of nitrogens with zero attached hydrogens (tertiary/aromatic N) is 2. The second-order valence-electron chi connectivity index (χ2n) is 16.2. The molecule has 2 fully saturated rings. The van der Waals surface area contributed by atoms with E-state index in [9.17, 15) is 33.6 Å². The van der Waals surface area contributed by atoms with Gasteiger partial charge in [-0.1, -0.05) is 78.8 Å². The summed E-state index contributed by atoms with van der Waals surface area (Å²) in [4.78, 5) is 95.9. The zero-order valence-corrected chi connectivity index (χ0v) is 31.8. The Balaban J connectivity index is 1.76. The Morgan fingerprint density at radius 2 is 1.55 bits per heavy atom. The number of hydrogen-bond acceptors (Lipinski definition) is 8. The van der Waals surface area contributed by atoms with Gasteiger partial charge in [-0.05, 0) is 54.4 Å². The Morgan fingerprint density at radius 3 is 2.08 bits per heavy atom. The van der Waals surface area contributed by atoms with Gasteiger partial charge < -0.3 is 35.8 Å². The summed E-state index contributed by atoms with van der Waals surface area (Å²) < 4.78 is 5.24. The predicted molar refractivity (Wildman–Crippen MR) is 190 cm³/mol. The first-order valence-electron chi connectivity index (χ1n) is 17.5. The number of ketones is 1. The van der Waals surface area contributed by atoms with Crippen molar-refractivity contribution in [2.75, 3.05) is 27.2 Å². The largest absolute Gasteiger partial charge is 0.447 e. The summed E-state index contributed by atoms with van der Waals surface area (Å²) in [7, 11) is 3.12. The van der Waals surface area contributed by atoms with Gasteiger partial charge in [-0.15, -0.1) is 0 Å². The number of ether oxygens (including phenoxy) is 1. The number of carbonyl (C=O) groups excluding carboxylic acids is 7. The summed E-state index contributed by atoms with van der Waals surface area (Å²) >= 11 is 0. The van der Waals surface area contributed by atoms with Crippen LogP contribution in [-0.2, 0) is 33.5 Å². The normalized spacial score (nSPS) is 20.7. The number of likely N-dealkylation sites (N-methyl/N-ethyl adjacent to an activating group) is 1. The number of alkyl carbamates (subject to hydrolysis) is 1. The topological polar surface area (TPSA) is 183 Å². The number of nitrogens with one attached hydrogen (secondary N) is 4. The third-order valence-corrected chi connectivity index (χ3v) is 9.58. The van der Waals surface area contributed by atoms with Crippen molar-refractivity contribution in [3.05, 3.63) is 35.9 Å². The summed E-state index contributed by atoms with van der Waals surface area (Å²) in [5.74, 6) is -4.37. The van der Waals surface area contributed by atoms with Gasteiger partial charge in [0, 0.05) is 20.6 Å². The van der Waals surface area contributed by atoms with Crippen LogP contribution in [0.4, 0.5) is 4.79 Å². The molecule has 2 aliphatic rings. The first-order chi connectivity index (χ1) is 23.6. The van der Waals surface area contributed by atoms with E-state index in [1.807, 2.05) is 27.7 Å². The fourth-order valence-corrected chi connectivity index (χ4v) is 6.76. The molecule has 0 radical (unpaired) electrons. The Bertz CT molecular complexity index is 1490. The van der Waals surface area contributed by atoms with Crippen molar-refractivity contribution < 1.29 is 38.3 Å². The molecule has 4 N–H and O–H groups in total. The predicted octanol–water partition coefficient (Wildman–Crippen LogP) is 2.18. The number of Topliss-reactive ketones (excluding diaryl/α,β-unsaturated/α-hetero) is 1. The van der Waals surface area contributed by atoms with Crippen molar-refractivity contribution in [2.45, 2.75) is 99.0 Å². The van der Waals surface area contributed by atoms with Gasteiger partial charge in [-0.2, -0.15) is 0 Å². The standard InChI is InChI=1S/C37H56N6O8/c1-20(2)17-24(29(45)32(47)38-18-25(44)40-27(33(48)42(10)11)22-15-13-12-14-16-22)39-31(46)28-26-23(37(26,8)9)19-43(28)34(49)30(36(5,6)7)41-35(50)51-21(3)4/h12-16,20-21,23-24,26-28,30H,17-19H2,1-11H3,(H,38,47)(H,39,46)(H,40,44)(H,41,50)/t23-,24?,26-,27+,28?,30-/m1/s1. The molecule has 1 aliphatic carbocycles. The smallest absolute Gasteiger partial charge is 0.408 e. The van der Waals surface area contributed by atoms with Gasteiger partial charge in [0.05, 0.1) is 18.7 Å². The lowest BCUT2D eigenvalue weighted by Crippen LogP contribution is -2.60. The van der Waals surface area contributed by atoms with E-state index >= 15 is 0 Å². The SMILES string of the molecule is CC(C)CC(NC(=O)C1[C@H]2[C@@H](CN1C(=O)[C@@H](NC(=O)OC(C)C)C(C)(C)C)C2(C)C)C(=O)C(=O)NCC(=O)N[C@H](C(=O)N(C)C)c1ccccc1. The molecule has 6 amide bonds. The number of amides is 6. The number of piperidine rings is 1. The van der Waals surface area contributed by atoms with Gasteiger partial charge in [0.15, 0.2) is 0 Å². The fraction of sp³-hybridized carbons (Fsp3) is 0.649. The van der Waals surface area contributed by atoms with Crippen LogP contribution in [0.3, 0.4) is 0 Å². The average molecular weight is 713 g/mol. The fourth-order valence-electron chi connectivity index (χ4n) is 6.76. The van der Waals surface area contributed by atoms with Crippen LogP contribution in [0.5, 0.6) is 0 Å². The van der Waals surface area contributed by atoms with Gasteiger partial charge in [-0.3, -0.25) is 28.8 Å². The van der Waals surface area contributed by atoms with E-state index in [-0.39, 0.29) is 35.5 Å². The molecule has 6 atom stereocenters. The molecule has 1 aromatic carbocycles. The van der Waals surface area contributed by atoms with E-state index in [1.165, 1.54) is 9.80 Å². The summed E-state index contributed by atoms with van der Waals surface area (Å²) in [6, 6.07) is 4.45. The summed E-state index contributed by atoms with van der Waals surface area (Å²) in [6.45, 7) is 16.2. The number of hydrogen-bond donors (Lipinski definition) is 4. The lowest BCUT2D eigenvalue weighted by atomic mass is 9.85. The van der Waals surface area contributed by atoms with Crippen LogP contribution < -0.4 is 21.3 Å². The van der Waals surface area contributed by atoms with Gasteiger partial charge in [0.25, 0.3) is 5.91 Å². The molecule has 51 heavy (non-hydrogen) atoms. The molecule has 3 rings (SSSR count). The van der Waals surface area contributed by atoms with E-state index in [2.05, 4.69) is 21.3 Å². The minimum Gasteiger partial charge on any atom is -0.447 e. The molecule has 1 saturated heterocycles. The number of rotatable bonds is 14. The average Bonchev–Trinajstić information content (AvgIpc) is 3.33. The van der Waals surface area contributed by atoms with Gasteiger partial charge in [-0.25, -0.2) is 4.79 Å². The van der Waals surface area contributed by atoms with Gasteiger partial charge in [0.2, 0.25) is 29.4 Å². The highest BCUT2D eigenvalue weighted by molar-refractivity contribution is 6.38. The monoisotopic (exact) mass is 712 g/mol. The van der Waals surface area contributed by atoms with Crippen molar-refractivity contribution >= 4 is 41.4 Å². The molecular weight excluding hydrogens is 656 g/mol.